The van der Waals surface area contributed by atoms with Gasteiger partial charge in [-0.15, -0.1) is 0 Å². The summed E-state index contributed by atoms with van der Waals surface area (Å²) in [6.07, 6.45) is -1.27. The predicted molar refractivity (Wildman–Crippen MR) is 106 cm³/mol. The van der Waals surface area contributed by atoms with Crippen molar-refractivity contribution < 1.29 is 38.3 Å². The highest BCUT2D eigenvalue weighted by molar-refractivity contribution is 6.04. The lowest BCUT2D eigenvalue weighted by molar-refractivity contribution is 0.0486. The van der Waals surface area contributed by atoms with Crippen LogP contribution in [0.1, 0.15) is 15.9 Å². The van der Waals surface area contributed by atoms with E-state index in [9.17, 15) is 9.90 Å². The molecule has 29 heavy (non-hydrogen) atoms. The highest BCUT2D eigenvalue weighted by Gasteiger charge is 2.27. The average molecular weight is 406 g/mol. The fourth-order valence-corrected chi connectivity index (χ4v) is 2.81. The van der Waals surface area contributed by atoms with E-state index in [1.807, 2.05) is 0 Å². The maximum atomic E-state index is 13.0. The number of hydrogen-bond donors (Lipinski definition) is 1. The lowest BCUT2D eigenvalue weighted by Crippen LogP contribution is -2.24. The molecular weight excluding hydrogens is 380 g/mol. The van der Waals surface area contributed by atoms with Gasteiger partial charge in [0.1, 0.15) is 28.9 Å². The van der Waals surface area contributed by atoms with Crippen molar-refractivity contribution in [1.82, 2.24) is 0 Å². The molecule has 8 heteroatoms. The summed E-state index contributed by atoms with van der Waals surface area (Å²) >= 11 is 0. The molecule has 0 amide bonds. The molecular formula is C21H26O8. The lowest BCUT2D eigenvalue weighted by Gasteiger charge is -2.18. The molecule has 2 aromatic rings. The van der Waals surface area contributed by atoms with Crippen LogP contribution in [0.2, 0.25) is 0 Å². The third kappa shape index (κ3) is 5.30. The Kier molecular flexibility index (Phi) is 8.11. The summed E-state index contributed by atoms with van der Waals surface area (Å²) in [5.74, 6) is 1.38. The molecule has 1 N–H and O–H groups in total. The van der Waals surface area contributed by atoms with Crippen molar-refractivity contribution >= 4 is 5.78 Å². The van der Waals surface area contributed by atoms with E-state index in [-0.39, 0.29) is 30.3 Å². The molecule has 1 unspecified atom stereocenters. The van der Waals surface area contributed by atoms with Gasteiger partial charge >= 0.3 is 0 Å². The fraction of sp³-hybridized carbons (Fsp3) is 0.381. The summed E-state index contributed by atoms with van der Waals surface area (Å²) in [5, 5.41) is 10.6. The van der Waals surface area contributed by atoms with Gasteiger partial charge in [-0.2, -0.15) is 0 Å². The van der Waals surface area contributed by atoms with Crippen LogP contribution in [-0.4, -0.2) is 59.3 Å². The standard InChI is InChI=1S/C21H26O8/c1-24-12-29-19-11-14(25-2)10-18(28-5)20(19)21(23)15(22)8-13-6-7-16(26-3)17(9-13)27-4/h6-7,9-11,15,22H,8,12H2,1-5H3. The minimum absolute atomic E-state index is 0.0675. The van der Waals surface area contributed by atoms with E-state index >= 15 is 0 Å². The van der Waals surface area contributed by atoms with Crippen LogP contribution in [-0.2, 0) is 11.2 Å². The smallest absolute Gasteiger partial charge is 0.199 e. The van der Waals surface area contributed by atoms with Gasteiger partial charge in [-0.05, 0) is 17.7 Å². The van der Waals surface area contributed by atoms with Crippen molar-refractivity contribution in [2.75, 3.05) is 42.3 Å². The molecule has 0 spiro atoms. The normalized spacial score (nSPS) is 11.5. The molecule has 0 bridgehead atoms. The first-order valence-electron chi connectivity index (χ1n) is 8.79. The van der Waals surface area contributed by atoms with Crippen molar-refractivity contribution in [3.8, 4) is 28.7 Å². The maximum Gasteiger partial charge on any atom is 0.199 e. The Morgan fingerprint density at radius 2 is 1.52 bits per heavy atom. The second-order valence-electron chi connectivity index (χ2n) is 6.03. The van der Waals surface area contributed by atoms with Crippen molar-refractivity contribution in [1.29, 1.82) is 0 Å². The van der Waals surface area contributed by atoms with Crippen LogP contribution in [0, 0.1) is 0 Å². The van der Waals surface area contributed by atoms with Gasteiger partial charge in [0.15, 0.2) is 24.1 Å². The molecule has 1 atom stereocenters. The number of rotatable bonds is 11. The molecule has 0 aliphatic carbocycles. The van der Waals surface area contributed by atoms with Gasteiger partial charge in [-0.3, -0.25) is 4.79 Å². The van der Waals surface area contributed by atoms with Gasteiger partial charge < -0.3 is 33.5 Å². The minimum atomic E-state index is -1.33. The Hall–Kier alpha value is -2.97. The SMILES string of the molecule is COCOc1cc(OC)cc(OC)c1C(=O)C(O)Cc1ccc(OC)c(OC)c1. The molecule has 0 saturated carbocycles. The number of Topliss-reactive ketones (excluding diaryl/α,β-unsaturated/α-hetero) is 1. The number of ether oxygens (including phenoxy) is 6. The molecule has 158 valence electrons. The van der Waals surface area contributed by atoms with Gasteiger partial charge in [0.05, 0.1) is 28.4 Å². The van der Waals surface area contributed by atoms with E-state index in [1.54, 1.807) is 24.3 Å². The first kappa shape index (κ1) is 22.3. The number of hydrogen-bond acceptors (Lipinski definition) is 8. The van der Waals surface area contributed by atoms with E-state index < -0.39 is 11.9 Å². The van der Waals surface area contributed by atoms with Gasteiger partial charge in [-0.25, -0.2) is 0 Å². The zero-order valence-electron chi connectivity index (χ0n) is 17.2. The van der Waals surface area contributed by atoms with Gasteiger partial charge in [0.25, 0.3) is 0 Å². The fourth-order valence-electron chi connectivity index (χ4n) is 2.81. The molecule has 0 saturated heterocycles. The van der Waals surface area contributed by atoms with Crippen LogP contribution in [0.15, 0.2) is 30.3 Å². The van der Waals surface area contributed by atoms with Crippen molar-refractivity contribution in [2.24, 2.45) is 0 Å². The summed E-state index contributed by atoms with van der Waals surface area (Å²) in [4.78, 5) is 13.0. The summed E-state index contributed by atoms with van der Waals surface area (Å²) < 4.78 is 31.5. The molecule has 0 aromatic heterocycles. The number of aliphatic hydroxyl groups excluding tert-OH is 1. The molecule has 8 nitrogen and oxygen atoms in total. The van der Waals surface area contributed by atoms with E-state index in [0.717, 1.165) is 0 Å². The van der Waals surface area contributed by atoms with Gasteiger partial charge in [-0.1, -0.05) is 6.07 Å². The molecule has 0 aliphatic heterocycles. The van der Waals surface area contributed by atoms with Crippen molar-refractivity contribution in [3.05, 3.63) is 41.5 Å². The average Bonchev–Trinajstić information content (AvgIpc) is 2.76. The summed E-state index contributed by atoms with van der Waals surface area (Å²) in [6, 6.07) is 8.27. The van der Waals surface area contributed by atoms with Crippen LogP contribution in [0.3, 0.4) is 0 Å². The third-order valence-electron chi connectivity index (χ3n) is 4.25. The summed E-state index contributed by atoms with van der Waals surface area (Å²) in [6.45, 7) is -0.0810. The van der Waals surface area contributed by atoms with Gasteiger partial charge in [0.2, 0.25) is 0 Å². The van der Waals surface area contributed by atoms with Crippen LogP contribution in [0.5, 0.6) is 28.7 Å². The van der Waals surface area contributed by atoms with Gasteiger partial charge in [0, 0.05) is 25.7 Å². The quantitative estimate of drug-likeness (QED) is 0.449. The monoisotopic (exact) mass is 406 g/mol. The molecule has 0 aliphatic rings. The number of ketones is 1. The maximum absolute atomic E-state index is 13.0. The highest BCUT2D eigenvalue weighted by Crippen LogP contribution is 2.36. The van der Waals surface area contributed by atoms with Crippen molar-refractivity contribution in [2.45, 2.75) is 12.5 Å². The zero-order chi connectivity index (χ0) is 21.4. The number of methoxy groups -OCH3 is 5. The first-order valence-corrected chi connectivity index (χ1v) is 8.79. The molecule has 2 aromatic carbocycles. The van der Waals surface area contributed by atoms with Crippen LogP contribution < -0.4 is 23.7 Å². The summed E-state index contributed by atoms with van der Waals surface area (Å²) in [5.41, 5.74) is 0.814. The minimum Gasteiger partial charge on any atom is -0.496 e. The van der Waals surface area contributed by atoms with E-state index in [1.165, 1.54) is 41.6 Å². The van der Waals surface area contributed by atoms with Crippen LogP contribution in [0.4, 0.5) is 0 Å². The van der Waals surface area contributed by atoms with E-state index in [4.69, 9.17) is 28.4 Å². The summed E-state index contributed by atoms with van der Waals surface area (Å²) in [7, 11) is 7.43. The Morgan fingerprint density at radius 3 is 2.10 bits per heavy atom. The van der Waals surface area contributed by atoms with E-state index in [0.29, 0.717) is 22.8 Å². The molecule has 0 fully saturated rings. The predicted octanol–water partition coefficient (Wildman–Crippen LogP) is 2.49. The Bertz CT molecular complexity index is 834. The Labute approximate surface area is 169 Å². The molecule has 0 heterocycles. The number of carbonyl (C=O) groups is 1. The Morgan fingerprint density at radius 1 is 0.862 bits per heavy atom. The van der Waals surface area contributed by atoms with Crippen LogP contribution in [0.25, 0.3) is 0 Å². The highest BCUT2D eigenvalue weighted by atomic mass is 16.7. The number of carbonyl (C=O) groups excluding carboxylic acids is 1. The second-order valence-corrected chi connectivity index (χ2v) is 6.03. The molecule has 0 radical (unpaired) electrons. The zero-order valence-corrected chi connectivity index (χ0v) is 17.2. The topological polar surface area (TPSA) is 92.7 Å². The molecule has 2 rings (SSSR count). The third-order valence-corrected chi connectivity index (χ3v) is 4.25. The van der Waals surface area contributed by atoms with Crippen molar-refractivity contribution in [3.63, 3.8) is 0 Å². The lowest BCUT2D eigenvalue weighted by atomic mass is 9.98. The van der Waals surface area contributed by atoms with Crippen LogP contribution >= 0.6 is 0 Å². The second kappa shape index (κ2) is 10.5. The number of aliphatic hydroxyl groups is 1. The first-order chi connectivity index (χ1) is 14.0. The van der Waals surface area contributed by atoms with E-state index in [2.05, 4.69) is 0 Å². The Balaban J connectivity index is 2.34. The number of benzene rings is 2. The largest absolute Gasteiger partial charge is 0.496 e.